The number of halogens is 2. The van der Waals surface area contributed by atoms with Gasteiger partial charge in [0.1, 0.15) is 12.0 Å². The van der Waals surface area contributed by atoms with E-state index >= 15 is 0 Å². The van der Waals surface area contributed by atoms with Crippen molar-refractivity contribution in [3.63, 3.8) is 0 Å². The van der Waals surface area contributed by atoms with Crippen LogP contribution in [0.2, 0.25) is 10.0 Å². The average Bonchev–Trinajstić information content (AvgIpc) is 2.36. The average molecular weight is 285 g/mol. The van der Waals surface area contributed by atoms with Gasteiger partial charge in [0, 0.05) is 0 Å². The molecule has 0 bridgehead atoms. The Balaban J connectivity index is 2.40. The molecule has 0 spiro atoms. The first kappa shape index (κ1) is 12.7. The molecule has 0 radical (unpaired) electrons. The predicted octanol–water partition coefficient (Wildman–Crippen LogP) is 3.12. The van der Waals surface area contributed by atoms with E-state index in [0.717, 1.165) is 0 Å². The lowest BCUT2D eigenvalue weighted by Crippen LogP contribution is -2.03. The normalized spacial score (nSPS) is 10.2. The quantitative estimate of drug-likeness (QED) is 0.906. The van der Waals surface area contributed by atoms with E-state index in [1.54, 1.807) is 18.2 Å². The van der Waals surface area contributed by atoms with Crippen molar-refractivity contribution < 1.29 is 4.74 Å². The third-order valence-corrected chi connectivity index (χ3v) is 2.88. The number of nitrogen functional groups attached to an aromatic ring is 1. The molecule has 18 heavy (non-hydrogen) atoms. The van der Waals surface area contributed by atoms with Gasteiger partial charge in [-0.2, -0.15) is 4.98 Å². The molecule has 0 aliphatic heterocycles. The Bertz CT molecular complexity index is 557. The van der Waals surface area contributed by atoms with Crippen molar-refractivity contribution in [2.75, 3.05) is 18.2 Å². The molecule has 2 aromatic rings. The second-order valence-electron chi connectivity index (χ2n) is 3.37. The first-order chi connectivity index (χ1) is 8.63. The van der Waals surface area contributed by atoms with Crippen LogP contribution in [0.4, 0.5) is 17.2 Å². The van der Waals surface area contributed by atoms with Crippen molar-refractivity contribution in [1.82, 2.24) is 9.97 Å². The Hall–Kier alpha value is -1.72. The number of benzene rings is 1. The van der Waals surface area contributed by atoms with Gasteiger partial charge in [-0.1, -0.05) is 29.3 Å². The summed E-state index contributed by atoms with van der Waals surface area (Å²) in [5, 5.41) is 3.91. The number of ether oxygens (including phenoxy) is 1. The summed E-state index contributed by atoms with van der Waals surface area (Å²) in [6, 6.07) is 5.18. The van der Waals surface area contributed by atoms with E-state index in [-0.39, 0.29) is 11.6 Å². The molecule has 94 valence electrons. The van der Waals surface area contributed by atoms with Gasteiger partial charge in [0.25, 0.3) is 0 Å². The molecule has 0 aliphatic carbocycles. The summed E-state index contributed by atoms with van der Waals surface area (Å²) in [5.74, 6) is 0.674. The third kappa shape index (κ3) is 2.42. The van der Waals surface area contributed by atoms with Crippen LogP contribution in [0.1, 0.15) is 0 Å². The molecule has 1 heterocycles. The second kappa shape index (κ2) is 5.29. The highest BCUT2D eigenvalue weighted by Gasteiger charge is 2.11. The summed E-state index contributed by atoms with van der Waals surface area (Å²) in [4.78, 5) is 7.90. The minimum absolute atomic E-state index is 0.288. The zero-order valence-electron chi connectivity index (χ0n) is 9.45. The molecule has 0 amide bonds. The van der Waals surface area contributed by atoms with E-state index in [1.165, 1.54) is 13.4 Å². The molecule has 2 rings (SSSR count). The largest absolute Gasteiger partial charge is 0.479 e. The maximum absolute atomic E-state index is 6.04. The first-order valence-electron chi connectivity index (χ1n) is 4.99. The molecule has 0 fully saturated rings. The maximum atomic E-state index is 6.04. The Labute approximate surface area is 114 Å². The molecule has 0 atom stereocenters. The van der Waals surface area contributed by atoms with E-state index in [4.69, 9.17) is 33.7 Å². The molecule has 0 unspecified atom stereocenters. The van der Waals surface area contributed by atoms with Gasteiger partial charge in [0.2, 0.25) is 5.88 Å². The lowest BCUT2D eigenvalue weighted by atomic mass is 10.3. The van der Waals surface area contributed by atoms with Crippen LogP contribution in [-0.4, -0.2) is 17.1 Å². The highest BCUT2D eigenvalue weighted by Crippen LogP contribution is 2.34. The zero-order valence-corrected chi connectivity index (χ0v) is 11.0. The van der Waals surface area contributed by atoms with E-state index in [2.05, 4.69) is 15.3 Å². The molecule has 1 aromatic heterocycles. The van der Waals surface area contributed by atoms with Crippen molar-refractivity contribution in [3.8, 4) is 5.88 Å². The summed E-state index contributed by atoms with van der Waals surface area (Å²) in [6.45, 7) is 0. The number of nitrogens with one attached hydrogen (secondary N) is 1. The van der Waals surface area contributed by atoms with Gasteiger partial charge < -0.3 is 15.8 Å². The number of hydrogen-bond donors (Lipinski definition) is 2. The molecular weight excluding hydrogens is 275 g/mol. The van der Waals surface area contributed by atoms with Gasteiger partial charge >= 0.3 is 0 Å². The number of methoxy groups -OCH3 is 1. The van der Waals surface area contributed by atoms with Crippen molar-refractivity contribution in [2.45, 2.75) is 0 Å². The third-order valence-electron chi connectivity index (χ3n) is 2.25. The Kier molecular flexibility index (Phi) is 3.74. The summed E-state index contributed by atoms with van der Waals surface area (Å²) in [6.07, 6.45) is 1.34. The minimum Gasteiger partial charge on any atom is -0.479 e. The molecule has 1 aromatic carbocycles. The Morgan fingerprint density at radius 3 is 2.50 bits per heavy atom. The van der Waals surface area contributed by atoms with E-state index in [0.29, 0.717) is 21.6 Å². The maximum Gasteiger partial charge on any atom is 0.242 e. The van der Waals surface area contributed by atoms with Gasteiger partial charge in [-0.3, -0.25) is 0 Å². The highest BCUT2D eigenvalue weighted by atomic mass is 35.5. The van der Waals surface area contributed by atoms with Crippen molar-refractivity contribution >= 4 is 40.4 Å². The van der Waals surface area contributed by atoms with Crippen LogP contribution in [-0.2, 0) is 0 Å². The molecule has 0 saturated carbocycles. The molecule has 3 N–H and O–H groups in total. The molecular formula is C11H10Cl2N4O. The van der Waals surface area contributed by atoms with Crippen LogP contribution in [0.15, 0.2) is 24.5 Å². The summed E-state index contributed by atoms with van der Waals surface area (Å²) in [5.41, 5.74) is 6.67. The van der Waals surface area contributed by atoms with Crippen LogP contribution in [0, 0.1) is 0 Å². The lowest BCUT2D eigenvalue weighted by molar-refractivity contribution is 0.399. The SMILES string of the molecule is COc1ncnc(Nc2c(Cl)cccc2Cl)c1N. The van der Waals surface area contributed by atoms with E-state index in [1.807, 2.05) is 0 Å². The number of aromatic nitrogens is 2. The second-order valence-corrected chi connectivity index (χ2v) is 4.18. The smallest absolute Gasteiger partial charge is 0.242 e. The number of nitrogens with two attached hydrogens (primary N) is 1. The van der Waals surface area contributed by atoms with Crippen LogP contribution in [0.3, 0.4) is 0 Å². The van der Waals surface area contributed by atoms with E-state index < -0.39 is 0 Å². The van der Waals surface area contributed by atoms with Gasteiger partial charge in [0.15, 0.2) is 5.82 Å². The monoisotopic (exact) mass is 284 g/mol. The fourth-order valence-corrected chi connectivity index (χ4v) is 1.87. The number of hydrogen-bond acceptors (Lipinski definition) is 5. The predicted molar refractivity (Wildman–Crippen MR) is 72.7 cm³/mol. The number of para-hydroxylation sites is 1. The molecule has 5 nitrogen and oxygen atoms in total. The van der Waals surface area contributed by atoms with E-state index in [9.17, 15) is 0 Å². The number of anilines is 3. The first-order valence-corrected chi connectivity index (χ1v) is 5.74. The topological polar surface area (TPSA) is 73.1 Å². The summed E-state index contributed by atoms with van der Waals surface area (Å²) < 4.78 is 5.00. The van der Waals surface area contributed by atoms with Crippen LogP contribution in [0.5, 0.6) is 5.88 Å². The standard InChI is InChI=1S/C11H10Cl2N4O/c1-18-11-8(14)10(15-5-16-11)17-9-6(12)3-2-4-7(9)13/h2-5H,14H2,1H3,(H,15,16,17). The number of nitrogens with zero attached hydrogens (tertiary/aromatic N) is 2. The minimum atomic E-state index is 0.288. The fraction of sp³-hybridized carbons (Fsp3) is 0.0909. The molecule has 7 heteroatoms. The highest BCUT2D eigenvalue weighted by molar-refractivity contribution is 6.39. The summed E-state index contributed by atoms with van der Waals surface area (Å²) in [7, 11) is 1.48. The summed E-state index contributed by atoms with van der Waals surface area (Å²) >= 11 is 12.1. The fourth-order valence-electron chi connectivity index (χ4n) is 1.38. The van der Waals surface area contributed by atoms with Crippen molar-refractivity contribution in [3.05, 3.63) is 34.6 Å². The molecule has 0 saturated heterocycles. The number of rotatable bonds is 3. The lowest BCUT2D eigenvalue weighted by Gasteiger charge is -2.12. The Morgan fingerprint density at radius 1 is 1.22 bits per heavy atom. The van der Waals surface area contributed by atoms with Gasteiger partial charge in [-0.25, -0.2) is 4.98 Å². The van der Waals surface area contributed by atoms with Crippen LogP contribution >= 0.6 is 23.2 Å². The van der Waals surface area contributed by atoms with Crippen LogP contribution < -0.4 is 15.8 Å². The van der Waals surface area contributed by atoms with Gasteiger partial charge in [-0.15, -0.1) is 0 Å². The Morgan fingerprint density at radius 2 is 1.89 bits per heavy atom. The molecule has 0 aliphatic rings. The van der Waals surface area contributed by atoms with Crippen molar-refractivity contribution in [1.29, 1.82) is 0 Å². The zero-order chi connectivity index (χ0) is 13.1. The van der Waals surface area contributed by atoms with Gasteiger partial charge in [0.05, 0.1) is 22.8 Å². The van der Waals surface area contributed by atoms with Gasteiger partial charge in [-0.05, 0) is 12.1 Å². The van der Waals surface area contributed by atoms with Crippen molar-refractivity contribution in [2.24, 2.45) is 0 Å². The van der Waals surface area contributed by atoms with Crippen LogP contribution in [0.25, 0.3) is 0 Å².